The third kappa shape index (κ3) is 2.48. The largest absolute Gasteiger partial charge is 0.373 e. The molecule has 4 atom stereocenters. The lowest BCUT2D eigenvalue weighted by Gasteiger charge is -2.18. The number of fused-ring (bicyclic) bond motifs is 6. The fourth-order valence-corrected chi connectivity index (χ4v) is 6.92. The molecule has 6 rings (SSSR count). The van der Waals surface area contributed by atoms with E-state index in [1.165, 1.54) is 16.2 Å². The summed E-state index contributed by atoms with van der Waals surface area (Å²) in [5.41, 5.74) is 3.32. The van der Waals surface area contributed by atoms with E-state index in [1.807, 2.05) is 31.2 Å². The number of hydrogen-bond donors (Lipinski definition) is 1. The number of ether oxygens (including phenoxy) is 1. The zero-order valence-corrected chi connectivity index (χ0v) is 17.5. The molecule has 1 N–H and O–H groups in total. The second-order valence-corrected chi connectivity index (χ2v) is 9.80. The standard InChI is InChI=1S/C23H22N2O4S/c1-11-5-7-12(8-6-11)24-20(26)17-13-3-2-4-16(13)30-23(17)25-21(27)18-14-9-10-15(29-14)19(18)22(25)28/h5-8,14-15,18-19H,2-4,9-10H2,1H3,(H,24,26). The van der Waals surface area contributed by atoms with Crippen molar-refractivity contribution in [2.24, 2.45) is 11.8 Å². The van der Waals surface area contributed by atoms with Crippen molar-refractivity contribution < 1.29 is 19.1 Å². The Kier molecular flexibility index (Phi) is 3.95. The first-order chi connectivity index (χ1) is 14.5. The molecule has 1 aliphatic carbocycles. The number of thiophene rings is 1. The first-order valence-electron chi connectivity index (χ1n) is 10.6. The van der Waals surface area contributed by atoms with Crippen molar-refractivity contribution >= 4 is 39.7 Å². The fraction of sp³-hybridized carbons (Fsp3) is 0.435. The molecule has 4 aliphatic rings. The summed E-state index contributed by atoms with van der Waals surface area (Å²) >= 11 is 1.44. The topological polar surface area (TPSA) is 75.7 Å². The Morgan fingerprint density at radius 2 is 1.73 bits per heavy atom. The highest BCUT2D eigenvalue weighted by Gasteiger charge is 2.63. The third-order valence-corrected chi connectivity index (χ3v) is 8.20. The van der Waals surface area contributed by atoms with Crippen molar-refractivity contribution in [3.63, 3.8) is 0 Å². The molecule has 154 valence electrons. The number of carbonyl (C=O) groups excluding carboxylic acids is 3. The van der Waals surface area contributed by atoms with Crippen molar-refractivity contribution in [3.05, 3.63) is 45.8 Å². The first-order valence-corrected chi connectivity index (χ1v) is 11.4. The monoisotopic (exact) mass is 422 g/mol. The molecule has 1 aromatic heterocycles. The van der Waals surface area contributed by atoms with E-state index < -0.39 is 0 Å². The molecule has 6 nitrogen and oxygen atoms in total. The average Bonchev–Trinajstić information content (AvgIpc) is 3.50. The summed E-state index contributed by atoms with van der Waals surface area (Å²) in [6, 6.07) is 7.62. The van der Waals surface area contributed by atoms with Crippen molar-refractivity contribution in [2.45, 2.75) is 51.2 Å². The van der Waals surface area contributed by atoms with E-state index in [1.54, 1.807) is 0 Å². The summed E-state index contributed by atoms with van der Waals surface area (Å²) in [6.45, 7) is 1.99. The number of benzene rings is 1. The van der Waals surface area contributed by atoms with Crippen LogP contribution in [0.1, 0.15) is 45.6 Å². The van der Waals surface area contributed by atoms with Gasteiger partial charge in [-0.2, -0.15) is 0 Å². The van der Waals surface area contributed by atoms with Crippen LogP contribution >= 0.6 is 11.3 Å². The van der Waals surface area contributed by atoms with Crippen LogP contribution in [0, 0.1) is 18.8 Å². The Morgan fingerprint density at radius 1 is 1.07 bits per heavy atom. The van der Waals surface area contributed by atoms with Gasteiger partial charge in [0.1, 0.15) is 5.00 Å². The minimum Gasteiger partial charge on any atom is -0.373 e. The van der Waals surface area contributed by atoms with Gasteiger partial charge in [0.25, 0.3) is 5.91 Å². The minimum atomic E-state index is -0.388. The van der Waals surface area contributed by atoms with Crippen molar-refractivity contribution in [3.8, 4) is 0 Å². The maximum absolute atomic E-state index is 13.3. The molecule has 4 unspecified atom stereocenters. The molecule has 3 fully saturated rings. The molecule has 3 amide bonds. The second kappa shape index (κ2) is 6.49. The highest BCUT2D eigenvalue weighted by atomic mass is 32.1. The van der Waals surface area contributed by atoms with Crippen LogP contribution in [0.5, 0.6) is 0 Å². The normalized spacial score (nSPS) is 28.9. The Bertz CT molecular complexity index is 1060. The van der Waals surface area contributed by atoms with Gasteiger partial charge in [-0.15, -0.1) is 11.3 Å². The van der Waals surface area contributed by atoms with Crippen LogP contribution in [0.2, 0.25) is 0 Å². The number of rotatable bonds is 3. The van der Waals surface area contributed by atoms with Crippen molar-refractivity contribution in [1.29, 1.82) is 0 Å². The van der Waals surface area contributed by atoms with E-state index in [9.17, 15) is 14.4 Å². The molecule has 3 saturated heterocycles. The van der Waals surface area contributed by atoms with Gasteiger partial charge in [-0.1, -0.05) is 17.7 Å². The minimum absolute atomic E-state index is 0.155. The Morgan fingerprint density at radius 3 is 2.40 bits per heavy atom. The molecular weight excluding hydrogens is 400 g/mol. The highest BCUT2D eigenvalue weighted by molar-refractivity contribution is 7.17. The predicted octanol–water partition coefficient (Wildman–Crippen LogP) is 3.46. The molecule has 4 heterocycles. The number of amides is 3. The van der Waals surface area contributed by atoms with Crippen LogP contribution in [0.3, 0.4) is 0 Å². The van der Waals surface area contributed by atoms with Gasteiger partial charge in [-0.3, -0.25) is 14.4 Å². The number of anilines is 2. The lowest BCUT2D eigenvalue weighted by atomic mass is 9.81. The highest BCUT2D eigenvalue weighted by Crippen LogP contribution is 2.52. The van der Waals surface area contributed by atoms with Crippen LogP contribution in [0.4, 0.5) is 10.7 Å². The summed E-state index contributed by atoms with van der Waals surface area (Å²) in [5.74, 6) is -1.41. The smallest absolute Gasteiger partial charge is 0.258 e. The number of aryl methyl sites for hydroxylation is 2. The number of carbonyl (C=O) groups is 3. The average molecular weight is 423 g/mol. The maximum atomic E-state index is 13.3. The maximum Gasteiger partial charge on any atom is 0.258 e. The van der Waals surface area contributed by atoms with Gasteiger partial charge < -0.3 is 10.1 Å². The molecule has 7 heteroatoms. The van der Waals surface area contributed by atoms with Gasteiger partial charge in [0, 0.05) is 10.6 Å². The van der Waals surface area contributed by atoms with E-state index in [0.717, 1.165) is 48.1 Å². The molecule has 1 aromatic carbocycles. The van der Waals surface area contributed by atoms with Crippen LogP contribution in [0.15, 0.2) is 24.3 Å². The molecular formula is C23H22N2O4S. The van der Waals surface area contributed by atoms with E-state index in [4.69, 9.17) is 4.74 Å². The summed E-state index contributed by atoms with van der Waals surface area (Å²) in [4.78, 5) is 42.3. The second-order valence-electron chi connectivity index (χ2n) is 8.71. The zero-order chi connectivity index (χ0) is 20.6. The van der Waals surface area contributed by atoms with Crippen LogP contribution in [-0.4, -0.2) is 29.9 Å². The summed E-state index contributed by atoms with van der Waals surface area (Å²) in [6.07, 6.45) is 4.05. The molecule has 0 saturated carbocycles. The molecule has 2 bridgehead atoms. The van der Waals surface area contributed by atoms with Gasteiger partial charge in [0.15, 0.2) is 0 Å². The van der Waals surface area contributed by atoms with Gasteiger partial charge in [-0.05, 0) is 56.7 Å². The van der Waals surface area contributed by atoms with Crippen LogP contribution < -0.4 is 10.2 Å². The molecule has 0 radical (unpaired) electrons. The van der Waals surface area contributed by atoms with Crippen molar-refractivity contribution in [1.82, 2.24) is 0 Å². The summed E-state index contributed by atoms with van der Waals surface area (Å²) in [5, 5.41) is 3.48. The number of imide groups is 1. The van der Waals surface area contributed by atoms with E-state index in [2.05, 4.69) is 5.32 Å². The molecule has 2 aromatic rings. The quantitative estimate of drug-likeness (QED) is 0.769. The predicted molar refractivity (Wildman–Crippen MR) is 113 cm³/mol. The number of nitrogens with zero attached hydrogens (tertiary/aromatic N) is 1. The number of hydrogen-bond acceptors (Lipinski definition) is 5. The fourth-order valence-electron chi connectivity index (χ4n) is 5.52. The van der Waals surface area contributed by atoms with Crippen LogP contribution in [0.25, 0.3) is 0 Å². The molecule has 30 heavy (non-hydrogen) atoms. The van der Waals surface area contributed by atoms with E-state index in [-0.39, 0.29) is 41.8 Å². The first kappa shape index (κ1) is 18.3. The van der Waals surface area contributed by atoms with E-state index >= 15 is 0 Å². The SMILES string of the molecule is Cc1ccc(NC(=O)c2c(N3C(=O)C4C5CCC(O5)C4C3=O)sc3c2CCC3)cc1. The summed E-state index contributed by atoms with van der Waals surface area (Å²) < 4.78 is 5.85. The van der Waals surface area contributed by atoms with Crippen molar-refractivity contribution in [2.75, 3.05) is 10.2 Å². The number of nitrogens with one attached hydrogen (secondary N) is 1. The Hall–Kier alpha value is -2.51. The zero-order valence-electron chi connectivity index (χ0n) is 16.6. The lowest BCUT2D eigenvalue weighted by molar-refractivity contribution is -0.124. The third-order valence-electron chi connectivity index (χ3n) is 6.93. The van der Waals surface area contributed by atoms with Gasteiger partial charge in [-0.25, -0.2) is 4.90 Å². The Balaban J connectivity index is 1.39. The molecule has 0 spiro atoms. The van der Waals surface area contributed by atoms with E-state index in [0.29, 0.717) is 16.3 Å². The van der Waals surface area contributed by atoms with Gasteiger partial charge in [0.2, 0.25) is 11.8 Å². The Labute approximate surface area is 178 Å². The lowest BCUT2D eigenvalue weighted by Crippen LogP contribution is -2.35. The van der Waals surface area contributed by atoms with Gasteiger partial charge in [0.05, 0.1) is 29.6 Å². The van der Waals surface area contributed by atoms with Gasteiger partial charge >= 0.3 is 0 Å². The summed E-state index contributed by atoms with van der Waals surface area (Å²) in [7, 11) is 0. The van der Waals surface area contributed by atoms with Crippen LogP contribution in [-0.2, 0) is 27.2 Å². The molecule has 3 aliphatic heterocycles.